The molecule has 104 valence electrons. The summed E-state index contributed by atoms with van der Waals surface area (Å²) in [6.07, 6.45) is 5.71. The van der Waals surface area contributed by atoms with Gasteiger partial charge in [0.2, 0.25) is 0 Å². The predicted molar refractivity (Wildman–Crippen MR) is 77.7 cm³/mol. The van der Waals surface area contributed by atoms with Crippen molar-refractivity contribution in [1.29, 1.82) is 0 Å². The van der Waals surface area contributed by atoms with Crippen LogP contribution < -0.4 is 4.74 Å². The van der Waals surface area contributed by atoms with E-state index in [0.717, 1.165) is 38.2 Å². The summed E-state index contributed by atoms with van der Waals surface area (Å²) in [5.74, 6) is 0.914. The van der Waals surface area contributed by atoms with Crippen LogP contribution in [0.15, 0.2) is 36.8 Å². The Kier molecular flexibility index (Phi) is 3.92. The molecule has 0 spiro atoms. The maximum absolute atomic E-state index is 5.18. The first kappa shape index (κ1) is 13.1. The van der Waals surface area contributed by atoms with Crippen molar-refractivity contribution in [3.05, 3.63) is 53.6 Å². The molecule has 2 aromatic rings. The largest absolute Gasteiger partial charge is 0.497 e. The topological polar surface area (TPSA) is 38.2 Å². The lowest BCUT2D eigenvalue weighted by Crippen LogP contribution is -2.32. The minimum absolute atomic E-state index is 0.914. The number of hydrogen-bond donors (Lipinski definition) is 0. The fourth-order valence-electron chi connectivity index (χ4n) is 2.57. The van der Waals surface area contributed by atoms with E-state index in [1.165, 1.54) is 16.8 Å². The highest BCUT2D eigenvalue weighted by molar-refractivity contribution is 5.27. The number of ether oxygens (including phenoxy) is 1. The van der Waals surface area contributed by atoms with E-state index in [9.17, 15) is 0 Å². The van der Waals surface area contributed by atoms with Gasteiger partial charge in [0.1, 0.15) is 12.1 Å². The zero-order valence-corrected chi connectivity index (χ0v) is 11.7. The number of hydrogen-bond acceptors (Lipinski definition) is 4. The van der Waals surface area contributed by atoms with Crippen LogP contribution in [0.2, 0.25) is 0 Å². The Morgan fingerprint density at radius 2 is 2.10 bits per heavy atom. The van der Waals surface area contributed by atoms with Gasteiger partial charge in [0.25, 0.3) is 0 Å². The number of methoxy groups -OCH3 is 1. The number of nitrogens with zero attached hydrogens (tertiary/aromatic N) is 3. The summed E-state index contributed by atoms with van der Waals surface area (Å²) in [4.78, 5) is 10.9. The van der Waals surface area contributed by atoms with Crippen molar-refractivity contribution in [3.8, 4) is 5.75 Å². The van der Waals surface area contributed by atoms with Crippen molar-refractivity contribution in [2.24, 2.45) is 0 Å². The Bertz CT molecular complexity index is 568. The predicted octanol–water partition coefficient (Wildman–Crippen LogP) is 2.09. The molecule has 0 bridgehead atoms. The molecule has 1 aliphatic heterocycles. The van der Waals surface area contributed by atoms with Gasteiger partial charge in [-0.15, -0.1) is 0 Å². The van der Waals surface area contributed by atoms with Crippen LogP contribution in [0.3, 0.4) is 0 Å². The fourth-order valence-corrected chi connectivity index (χ4v) is 2.57. The monoisotopic (exact) mass is 269 g/mol. The summed E-state index contributed by atoms with van der Waals surface area (Å²) in [6.45, 7) is 3.10. The zero-order chi connectivity index (χ0) is 13.8. The number of fused-ring (bicyclic) bond motifs is 1. The molecule has 2 heterocycles. The smallest absolute Gasteiger partial charge is 0.118 e. The quantitative estimate of drug-likeness (QED) is 0.852. The van der Waals surface area contributed by atoms with Crippen molar-refractivity contribution in [2.45, 2.75) is 19.4 Å². The first-order valence-corrected chi connectivity index (χ1v) is 6.98. The van der Waals surface area contributed by atoms with E-state index in [1.54, 1.807) is 13.4 Å². The van der Waals surface area contributed by atoms with Crippen LogP contribution in [0.1, 0.15) is 16.8 Å². The lowest BCUT2D eigenvalue weighted by molar-refractivity contribution is 0.253. The van der Waals surface area contributed by atoms with E-state index in [0.29, 0.717) is 0 Å². The van der Waals surface area contributed by atoms with Crippen LogP contribution in [-0.2, 0) is 19.4 Å². The van der Waals surface area contributed by atoms with Gasteiger partial charge in [-0.2, -0.15) is 0 Å². The number of aromatic nitrogens is 2. The molecule has 1 aliphatic rings. The maximum Gasteiger partial charge on any atom is 0.118 e. The molecule has 0 radical (unpaired) electrons. The third-order valence-electron chi connectivity index (χ3n) is 3.83. The van der Waals surface area contributed by atoms with E-state index in [-0.39, 0.29) is 0 Å². The van der Waals surface area contributed by atoms with Crippen molar-refractivity contribution in [3.63, 3.8) is 0 Å². The molecule has 0 fully saturated rings. The zero-order valence-electron chi connectivity index (χ0n) is 11.7. The maximum atomic E-state index is 5.18. The van der Waals surface area contributed by atoms with Gasteiger partial charge in [0.15, 0.2) is 0 Å². The molecule has 0 amide bonds. The first-order chi connectivity index (χ1) is 9.85. The highest BCUT2D eigenvalue weighted by Crippen LogP contribution is 2.16. The molecule has 0 unspecified atom stereocenters. The summed E-state index contributed by atoms with van der Waals surface area (Å²) in [5.41, 5.74) is 3.83. The van der Waals surface area contributed by atoms with E-state index < -0.39 is 0 Å². The molecular formula is C16H19N3O. The SMILES string of the molecule is COc1ccc(CCN2CCc3cncnc3C2)cc1. The average molecular weight is 269 g/mol. The van der Waals surface area contributed by atoms with Gasteiger partial charge >= 0.3 is 0 Å². The van der Waals surface area contributed by atoms with Crippen molar-refractivity contribution >= 4 is 0 Å². The number of benzene rings is 1. The van der Waals surface area contributed by atoms with Gasteiger partial charge in [-0.1, -0.05) is 12.1 Å². The van der Waals surface area contributed by atoms with Crippen molar-refractivity contribution in [1.82, 2.24) is 14.9 Å². The van der Waals surface area contributed by atoms with Gasteiger partial charge in [0.05, 0.1) is 12.8 Å². The molecule has 0 atom stereocenters. The van der Waals surface area contributed by atoms with E-state index >= 15 is 0 Å². The molecule has 3 rings (SSSR count). The molecule has 20 heavy (non-hydrogen) atoms. The fraction of sp³-hybridized carbons (Fsp3) is 0.375. The average Bonchev–Trinajstić information content (AvgIpc) is 2.53. The molecule has 1 aromatic heterocycles. The summed E-state index contributed by atoms with van der Waals surface area (Å²) in [5, 5.41) is 0. The molecule has 4 nitrogen and oxygen atoms in total. The highest BCUT2D eigenvalue weighted by atomic mass is 16.5. The number of rotatable bonds is 4. The summed E-state index contributed by atoms with van der Waals surface area (Å²) >= 11 is 0. The summed E-state index contributed by atoms with van der Waals surface area (Å²) in [7, 11) is 1.70. The van der Waals surface area contributed by atoms with Gasteiger partial charge < -0.3 is 4.74 Å². The van der Waals surface area contributed by atoms with Gasteiger partial charge in [-0.3, -0.25) is 4.90 Å². The van der Waals surface area contributed by atoms with Gasteiger partial charge in [-0.05, 0) is 36.1 Å². The van der Waals surface area contributed by atoms with Crippen molar-refractivity contribution in [2.75, 3.05) is 20.2 Å². The normalized spacial score (nSPS) is 14.8. The van der Waals surface area contributed by atoms with Crippen LogP contribution in [0.4, 0.5) is 0 Å². The standard InChI is InChI=1S/C16H19N3O/c1-20-15-4-2-13(3-5-15)6-8-19-9-7-14-10-17-12-18-16(14)11-19/h2-5,10,12H,6-9,11H2,1H3. The molecule has 0 N–H and O–H groups in total. The molecule has 0 saturated heterocycles. The van der Waals surface area contributed by atoms with Crippen LogP contribution in [-0.4, -0.2) is 35.1 Å². The Hall–Kier alpha value is -1.94. The van der Waals surface area contributed by atoms with E-state index in [1.807, 2.05) is 18.3 Å². The first-order valence-electron chi connectivity index (χ1n) is 6.98. The van der Waals surface area contributed by atoms with Gasteiger partial charge in [-0.25, -0.2) is 9.97 Å². The summed E-state index contributed by atoms with van der Waals surface area (Å²) < 4.78 is 5.18. The van der Waals surface area contributed by atoms with Crippen LogP contribution in [0.5, 0.6) is 5.75 Å². The highest BCUT2D eigenvalue weighted by Gasteiger charge is 2.16. The second-order valence-corrected chi connectivity index (χ2v) is 5.12. The van der Waals surface area contributed by atoms with Gasteiger partial charge in [0, 0.05) is 25.8 Å². The van der Waals surface area contributed by atoms with E-state index in [4.69, 9.17) is 4.74 Å². The third kappa shape index (κ3) is 2.96. The molecule has 0 aliphatic carbocycles. The molecule has 0 saturated carbocycles. The van der Waals surface area contributed by atoms with Crippen LogP contribution in [0.25, 0.3) is 0 Å². The lowest BCUT2D eigenvalue weighted by Gasteiger charge is -2.27. The second-order valence-electron chi connectivity index (χ2n) is 5.12. The minimum atomic E-state index is 0.914. The molecule has 4 heteroatoms. The Balaban J connectivity index is 1.57. The Morgan fingerprint density at radius 3 is 2.90 bits per heavy atom. The molecular weight excluding hydrogens is 250 g/mol. The Labute approximate surface area is 119 Å². The van der Waals surface area contributed by atoms with Crippen LogP contribution >= 0.6 is 0 Å². The second kappa shape index (κ2) is 6.01. The Morgan fingerprint density at radius 1 is 1.25 bits per heavy atom. The third-order valence-corrected chi connectivity index (χ3v) is 3.83. The lowest BCUT2D eigenvalue weighted by atomic mass is 10.1. The van der Waals surface area contributed by atoms with Crippen molar-refractivity contribution < 1.29 is 4.74 Å². The molecule has 1 aromatic carbocycles. The summed E-state index contributed by atoms with van der Waals surface area (Å²) in [6, 6.07) is 8.32. The minimum Gasteiger partial charge on any atom is -0.497 e. The van der Waals surface area contributed by atoms with Crippen LogP contribution in [0, 0.1) is 0 Å². The van der Waals surface area contributed by atoms with E-state index in [2.05, 4.69) is 27.0 Å².